The molecule has 2 N–H and O–H groups in total. The largest absolute Gasteiger partial charge is 0.383 e. The first-order chi connectivity index (χ1) is 11.2. The van der Waals surface area contributed by atoms with Crippen LogP contribution in [0.2, 0.25) is 0 Å². The van der Waals surface area contributed by atoms with E-state index >= 15 is 0 Å². The summed E-state index contributed by atoms with van der Waals surface area (Å²) in [5, 5.41) is 5.47. The number of hydrogen-bond donors (Lipinski definition) is 2. The monoisotopic (exact) mass is 314 g/mol. The van der Waals surface area contributed by atoms with Gasteiger partial charge in [0.1, 0.15) is 5.69 Å². The molecular formula is C16H18N4O3. The van der Waals surface area contributed by atoms with Crippen LogP contribution in [0.5, 0.6) is 0 Å². The zero-order valence-electron chi connectivity index (χ0n) is 12.8. The van der Waals surface area contributed by atoms with Crippen molar-refractivity contribution in [2.45, 2.75) is 6.42 Å². The Morgan fingerprint density at radius 3 is 2.61 bits per heavy atom. The summed E-state index contributed by atoms with van der Waals surface area (Å²) in [5.41, 5.74) is 1.73. The number of anilines is 1. The van der Waals surface area contributed by atoms with E-state index in [1.165, 1.54) is 18.6 Å². The highest BCUT2D eigenvalue weighted by Crippen LogP contribution is 2.11. The van der Waals surface area contributed by atoms with E-state index in [2.05, 4.69) is 20.6 Å². The molecule has 0 atom stereocenters. The van der Waals surface area contributed by atoms with Gasteiger partial charge in [0.2, 0.25) is 5.91 Å². The van der Waals surface area contributed by atoms with Crippen molar-refractivity contribution in [2.75, 3.05) is 25.6 Å². The van der Waals surface area contributed by atoms with Crippen LogP contribution in [-0.2, 0) is 16.0 Å². The fourth-order valence-electron chi connectivity index (χ4n) is 1.86. The van der Waals surface area contributed by atoms with Crippen LogP contribution in [0.15, 0.2) is 42.9 Å². The SMILES string of the molecule is COCCNC(=O)Cc1ccc(NC(=O)c2cnccn2)cc1. The molecule has 0 aliphatic rings. The lowest BCUT2D eigenvalue weighted by Gasteiger charge is -2.07. The highest BCUT2D eigenvalue weighted by atomic mass is 16.5. The number of aromatic nitrogens is 2. The van der Waals surface area contributed by atoms with Crippen molar-refractivity contribution in [1.82, 2.24) is 15.3 Å². The molecule has 0 bridgehead atoms. The topological polar surface area (TPSA) is 93.2 Å². The molecule has 0 saturated heterocycles. The number of methoxy groups -OCH3 is 1. The van der Waals surface area contributed by atoms with Gasteiger partial charge >= 0.3 is 0 Å². The van der Waals surface area contributed by atoms with Crippen LogP contribution in [-0.4, -0.2) is 42.0 Å². The van der Waals surface area contributed by atoms with Crippen molar-refractivity contribution < 1.29 is 14.3 Å². The second-order valence-electron chi connectivity index (χ2n) is 4.76. The number of ether oxygens (including phenoxy) is 1. The van der Waals surface area contributed by atoms with Crippen LogP contribution in [0.4, 0.5) is 5.69 Å². The van der Waals surface area contributed by atoms with Crippen molar-refractivity contribution in [3.8, 4) is 0 Å². The van der Waals surface area contributed by atoms with E-state index in [-0.39, 0.29) is 23.9 Å². The summed E-state index contributed by atoms with van der Waals surface area (Å²) in [5.74, 6) is -0.401. The van der Waals surface area contributed by atoms with Crippen LogP contribution in [0.25, 0.3) is 0 Å². The molecule has 0 saturated carbocycles. The fraction of sp³-hybridized carbons (Fsp3) is 0.250. The fourth-order valence-corrected chi connectivity index (χ4v) is 1.86. The Hall–Kier alpha value is -2.80. The van der Waals surface area contributed by atoms with Gasteiger partial charge in [-0.25, -0.2) is 4.98 Å². The van der Waals surface area contributed by atoms with Gasteiger partial charge in [0.25, 0.3) is 5.91 Å². The number of carbonyl (C=O) groups is 2. The van der Waals surface area contributed by atoms with Gasteiger partial charge in [0.15, 0.2) is 0 Å². The van der Waals surface area contributed by atoms with Gasteiger partial charge in [-0.2, -0.15) is 0 Å². The zero-order chi connectivity index (χ0) is 16.5. The van der Waals surface area contributed by atoms with Gasteiger partial charge in [0.05, 0.1) is 19.2 Å². The number of benzene rings is 1. The molecule has 120 valence electrons. The first-order valence-corrected chi connectivity index (χ1v) is 7.11. The first kappa shape index (κ1) is 16.6. The maximum Gasteiger partial charge on any atom is 0.275 e. The van der Waals surface area contributed by atoms with Gasteiger partial charge in [-0.15, -0.1) is 0 Å². The average Bonchev–Trinajstić information content (AvgIpc) is 2.57. The number of carbonyl (C=O) groups excluding carboxylic acids is 2. The molecule has 0 unspecified atom stereocenters. The van der Waals surface area contributed by atoms with Gasteiger partial charge in [-0.1, -0.05) is 12.1 Å². The van der Waals surface area contributed by atoms with Crippen LogP contribution in [0, 0.1) is 0 Å². The van der Waals surface area contributed by atoms with Crippen molar-refractivity contribution in [2.24, 2.45) is 0 Å². The zero-order valence-corrected chi connectivity index (χ0v) is 12.8. The Morgan fingerprint density at radius 2 is 1.96 bits per heavy atom. The summed E-state index contributed by atoms with van der Waals surface area (Å²) in [6, 6.07) is 7.07. The van der Waals surface area contributed by atoms with E-state index < -0.39 is 0 Å². The summed E-state index contributed by atoms with van der Waals surface area (Å²) < 4.78 is 4.87. The predicted octanol–water partition coefficient (Wildman–Crippen LogP) is 1.03. The molecule has 0 spiro atoms. The van der Waals surface area contributed by atoms with Crippen LogP contribution in [0.3, 0.4) is 0 Å². The van der Waals surface area contributed by atoms with E-state index in [0.29, 0.717) is 18.8 Å². The summed E-state index contributed by atoms with van der Waals surface area (Å²) in [4.78, 5) is 31.4. The van der Waals surface area contributed by atoms with Crippen molar-refractivity contribution >= 4 is 17.5 Å². The van der Waals surface area contributed by atoms with E-state index in [0.717, 1.165) is 5.56 Å². The molecule has 0 aliphatic heterocycles. The lowest BCUT2D eigenvalue weighted by atomic mass is 10.1. The molecule has 2 rings (SSSR count). The summed E-state index contributed by atoms with van der Waals surface area (Å²) in [7, 11) is 1.58. The van der Waals surface area contributed by atoms with Crippen LogP contribution in [0.1, 0.15) is 16.1 Å². The maximum atomic E-state index is 11.9. The lowest BCUT2D eigenvalue weighted by Crippen LogP contribution is -2.28. The number of hydrogen-bond acceptors (Lipinski definition) is 5. The van der Waals surface area contributed by atoms with E-state index in [9.17, 15) is 9.59 Å². The molecule has 1 aromatic carbocycles. The van der Waals surface area contributed by atoms with Crippen molar-refractivity contribution in [3.05, 3.63) is 54.1 Å². The third-order valence-corrected chi connectivity index (χ3v) is 3.00. The first-order valence-electron chi connectivity index (χ1n) is 7.11. The summed E-state index contributed by atoms with van der Waals surface area (Å²) >= 11 is 0. The van der Waals surface area contributed by atoms with Crippen LogP contribution >= 0.6 is 0 Å². The normalized spacial score (nSPS) is 10.1. The second kappa shape index (κ2) is 8.60. The standard InChI is InChI=1S/C16H18N4O3/c1-23-9-8-19-15(21)10-12-2-4-13(5-3-12)20-16(22)14-11-17-6-7-18-14/h2-7,11H,8-10H2,1H3,(H,19,21)(H,20,22). The molecule has 0 radical (unpaired) electrons. The molecule has 0 aliphatic carbocycles. The maximum absolute atomic E-state index is 11.9. The molecule has 2 amide bonds. The van der Waals surface area contributed by atoms with Crippen LogP contribution < -0.4 is 10.6 Å². The smallest absolute Gasteiger partial charge is 0.275 e. The quantitative estimate of drug-likeness (QED) is 0.745. The second-order valence-corrected chi connectivity index (χ2v) is 4.76. The molecule has 1 heterocycles. The Labute approximate surface area is 134 Å². The molecule has 23 heavy (non-hydrogen) atoms. The van der Waals surface area contributed by atoms with E-state index in [4.69, 9.17) is 4.74 Å². The summed E-state index contributed by atoms with van der Waals surface area (Å²) in [6.07, 6.45) is 4.64. The number of nitrogens with one attached hydrogen (secondary N) is 2. The Balaban J connectivity index is 1.87. The molecule has 1 aromatic heterocycles. The number of nitrogens with zero attached hydrogens (tertiary/aromatic N) is 2. The number of rotatable bonds is 7. The van der Waals surface area contributed by atoms with Crippen molar-refractivity contribution in [3.63, 3.8) is 0 Å². The molecule has 7 heteroatoms. The summed E-state index contributed by atoms with van der Waals surface area (Å²) in [6.45, 7) is 0.973. The molecule has 0 fully saturated rings. The van der Waals surface area contributed by atoms with Gasteiger partial charge in [0, 0.05) is 31.7 Å². The van der Waals surface area contributed by atoms with Gasteiger partial charge in [-0.05, 0) is 17.7 Å². The van der Waals surface area contributed by atoms with Gasteiger partial charge < -0.3 is 15.4 Å². The minimum atomic E-state index is -0.330. The lowest BCUT2D eigenvalue weighted by molar-refractivity contribution is -0.120. The third kappa shape index (κ3) is 5.48. The van der Waals surface area contributed by atoms with E-state index in [1.54, 1.807) is 31.4 Å². The third-order valence-electron chi connectivity index (χ3n) is 3.00. The molecule has 7 nitrogen and oxygen atoms in total. The molecular weight excluding hydrogens is 296 g/mol. The Bertz CT molecular complexity index is 644. The minimum absolute atomic E-state index is 0.0709. The molecule has 2 aromatic rings. The van der Waals surface area contributed by atoms with E-state index in [1.807, 2.05) is 0 Å². The minimum Gasteiger partial charge on any atom is -0.383 e. The Morgan fingerprint density at radius 1 is 1.17 bits per heavy atom. The highest BCUT2D eigenvalue weighted by molar-refractivity contribution is 6.02. The average molecular weight is 314 g/mol. The van der Waals surface area contributed by atoms with Gasteiger partial charge in [-0.3, -0.25) is 14.6 Å². The van der Waals surface area contributed by atoms with Crippen molar-refractivity contribution in [1.29, 1.82) is 0 Å². The highest BCUT2D eigenvalue weighted by Gasteiger charge is 2.08. The Kier molecular flexibility index (Phi) is 6.19. The predicted molar refractivity (Wildman–Crippen MR) is 85.0 cm³/mol. The number of amides is 2.